The van der Waals surface area contributed by atoms with Gasteiger partial charge in [0.1, 0.15) is 0 Å². The van der Waals surface area contributed by atoms with Crippen molar-refractivity contribution in [2.45, 2.75) is 0 Å². The van der Waals surface area contributed by atoms with Crippen LogP contribution in [0.25, 0.3) is 0 Å². The molecule has 0 saturated carbocycles. The standard InChI is InChI=1S/C14H15BrN2O3/c1-3-7-17(8-4-2)14(20)16-12-9-10(13(18)19)5-6-11(12)15/h3-6,9H,1-2,7-8H2,(H,16,20)(H,18,19). The maximum atomic E-state index is 12.1. The lowest BCUT2D eigenvalue weighted by atomic mass is 10.2. The highest BCUT2D eigenvalue weighted by molar-refractivity contribution is 9.10. The van der Waals surface area contributed by atoms with E-state index in [-0.39, 0.29) is 11.6 Å². The summed E-state index contributed by atoms with van der Waals surface area (Å²) in [5.41, 5.74) is 0.496. The molecule has 1 aromatic carbocycles. The maximum Gasteiger partial charge on any atom is 0.335 e. The first kappa shape index (κ1) is 16.0. The maximum absolute atomic E-state index is 12.1. The molecular formula is C14H15BrN2O3. The molecule has 0 aromatic heterocycles. The van der Waals surface area contributed by atoms with Gasteiger partial charge in [0, 0.05) is 17.6 Å². The Bertz CT molecular complexity index is 533. The number of benzene rings is 1. The molecule has 2 N–H and O–H groups in total. The van der Waals surface area contributed by atoms with Gasteiger partial charge in [-0.15, -0.1) is 13.2 Å². The van der Waals surface area contributed by atoms with Crippen LogP contribution in [-0.2, 0) is 0 Å². The van der Waals surface area contributed by atoms with Crippen molar-refractivity contribution in [3.8, 4) is 0 Å². The van der Waals surface area contributed by atoms with Crippen LogP contribution in [0.2, 0.25) is 0 Å². The molecule has 1 aromatic rings. The average molecular weight is 339 g/mol. The number of urea groups is 1. The van der Waals surface area contributed by atoms with Gasteiger partial charge < -0.3 is 15.3 Å². The van der Waals surface area contributed by atoms with Crippen molar-refractivity contribution in [1.82, 2.24) is 4.90 Å². The summed E-state index contributed by atoms with van der Waals surface area (Å²) in [6.07, 6.45) is 3.21. The Kier molecular flexibility index (Phi) is 5.99. The van der Waals surface area contributed by atoms with E-state index in [1.165, 1.54) is 17.0 Å². The number of hydrogen-bond donors (Lipinski definition) is 2. The minimum Gasteiger partial charge on any atom is -0.478 e. The first-order valence-corrected chi connectivity index (χ1v) is 6.59. The first-order chi connectivity index (χ1) is 9.49. The summed E-state index contributed by atoms with van der Waals surface area (Å²) in [5.74, 6) is -1.05. The zero-order chi connectivity index (χ0) is 15.1. The van der Waals surface area contributed by atoms with Gasteiger partial charge in [0.15, 0.2) is 0 Å². The topological polar surface area (TPSA) is 69.6 Å². The number of amides is 2. The van der Waals surface area contributed by atoms with E-state index < -0.39 is 5.97 Å². The molecular weight excluding hydrogens is 324 g/mol. The van der Waals surface area contributed by atoms with Gasteiger partial charge in [-0.05, 0) is 34.1 Å². The smallest absolute Gasteiger partial charge is 0.335 e. The van der Waals surface area contributed by atoms with E-state index in [1.807, 2.05) is 0 Å². The Morgan fingerprint density at radius 1 is 1.30 bits per heavy atom. The van der Waals surface area contributed by atoms with E-state index in [0.717, 1.165) is 0 Å². The van der Waals surface area contributed by atoms with E-state index in [2.05, 4.69) is 34.4 Å². The van der Waals surface area contributed by atoms with Crippen molar-refractivity contribution in [1.29, 1.82) is 0 Å². The van der Waals surface area contributed by atoms with Gasteiger partial charge in [-0.1, -0.05) is 12.2 Å². The predicted octanol–water partition coefficient (Wildman–Crippen LogP) is 3.35. The number of anilines is 1. The third-order valence-electron chi connectivity index (χ3n) is 2.44. The van der Waals surface area contributed by atoms with Crippen LogP contribution < -0.4 is 5.32 Å². The zero-order valence-corrected chi connectivity index (χ0v) is 12.4. The second kappa shape index (κ2) is 7.49. The summed E-state index contributed by atoms with van der Waals surface area (Å²) >= 11 is 3.27. The number of carbonyl (C=O) groups is 2. The SMILES string of the molecule is C=CCN(CC=C)C(=O)Nc1cc(C(=O)O)ccc1Br. The second-order valence-electron chi connectivity index (χ2n) is 3.91. The number of nitrogens with zero attached hydrogens (tertiary/aromatic N) is 1. The lowest BCUT2D eigenvalue weighted by molar-refractivity contribution is 0.0697. The fraction of sp³-hybridized carbons (Fsp3) is 0.143. The van der Waals surface area contributed by atoms with Crippen LogP contribution >= 0.6 is 15.9 Å². The zero-order valence-electron chi connectivity index (χ0n) is 10.8. The number of carbonyl (C=O) groups excluding carboxylic acids is 1. The molecule has 0 bridgehead atoms. The molecule has 5 nitrogen and oxygen atoms in total. The Labute approximate surface area is 125 Å². The Hall–Kier alpha value is -2.08. The molecule has 0 unspecified atom stereocenters. The Morgan fingerprint density at radius 2 is 1.90 bits per heavy atom. The molecule has 106 valence electrons. The van der Waals surface area contributed by atoms with E-state index in [4.69, 9.17) is 5.11 Å². The summed E-state index contributed by atoms with van der Waals surface area (Å²) in [7, 11) is 0. The molecule has 2 amide bonds. The van der Waals surface area contributed by atoms with Gasteiger partial charge in [0.25, 0.3) is 0 Å². The number of aromatic carboxylic acids is 1. The van der Waals surface area contributed by atoms with Crippen LogP contribution in [0.4, 0.5) is 10.5 Å². The number of hydrogen-bond acceptors (Lipinski definition) is 2. The van der Waals surface area contributed by atoms with Gasteiger partial charge in [0.05, 0.1) is 11.3 Å². The number of rotatable bonds is 6. The highest BCUT2D eigenvalue weighted by Crippen LogP contribution is 2.24. The monoisotopic (exact) mass is 338 g/mol. The molecule has 0 atom stereocenters. The average Bonchev–Trinajstić information content (AvgIpc) is 2.40. The second-order valence-corrected chi connectivity index (χ2v) is 4.77. The van der Waals surface area contributed by atoms with Crippen LogP contribution in [0.15, 0.2) is 48.0 Å². The van der Waals surface area contributed by atoms with Gasteiger partial charge in [-0.2, -0.15) is 0 Å². The fourth-order valence-electron chi connectivity index (χ4n) is 1.50. The van der Waals surface area contributed by atoms with Crippen molar-refractivity contribution in [3.05, 3.63) is 53.5 Å². The normalized spacial score (nSPS) is 9.65. The Balaban J connectivity index is 2.93. The molecule has 0 saturated heterocycles. The summed E-state index contributed by atoms with van der Waals surface area (Å²) in [4.78, 5) is 24.5. The molecule has 0 aliphatic heterocycles. The number of halogens is 1. The molecule has 0 fully saturated rings. The summed E-state index contributed by atoms with van der Waals surface area (Å²) in [6.45, 7) is 7.91. The molecule has 0 spiro atoms. The van der Waals surface area contributed by atoms with Crippen molar-refractivity contribution in [2.24, 2.45) is 0 Å². The van der Waals surface area contributed by atoms with Gasteiger partial charge >= 0.3 is 12.0 Å². The van der Waals surface area contributed by atoms with Crippen LogP contribution in [0.1, 0.15) is 10.4 Å². The van der Waals surface area contributed by atoms with Crippen LogP contribution in [0.5, 0.6) is 0 Å². The lowest BCUT2D eigenvalue weighted by Gasteiger charge is -2.20. The fourth-order valence-corrected chi connectivity index (χ4v) is 1.85. The van der Waals surface area contributed by atoms with Crippen molar-refractivity contribution in [3.63, 3.8) is 0 Å². The largest absolute Gasteiger partial charge is 0.478 e. The first-order valence-electron chi connectivity index (χ1n) is 5.80. The van der Waals surface area contributed by atoms with Gasteiger partial charge in [0.2, 0.25) is 0 Å². The van der Waals surface area contributed by atoms with Crippen LogP contribution in [0, 0.1) is 0 Å². The number of carboxylic acids is 1. The van der Waals surface area contributed by atoms with E-state index in [0.29, 0.717) is 23.2 Å². The van der Waals surface area contributed by atoms with Crippen LogP contribution in [0.3, 0.4) is 0 Å². The predicted molar refractivity (Wildman–Crippen MR) is 82.1 cm³/mol. The Morgan fingerprint density at radius 3 is 2.40 bits per heavy atom. The van der Waals surface area contributed by atoms with Crippen LogP contribution in [-0.4, -0.2) is 35.1 Å². The highest BCUT2D eigenvalue weighted by atomic mass is 79.9. The molecule has 0 radical (unpaired) electrons. The molecule has 0 aliphatic rings. The van der Waals surface area contributed by atoms with E-state index in [1.54, 1.807) is 18.2 Å². The van der Waals surface area contributed by atoms with Crippen molar-refractivity contribution < 1.29 is 14.7 Å². The van der Waals surface area contributed by atoms with Crippen molar-refractivity contribution in [2.75, 3.05) is 18.4 Å². The van der Waals surface area contributed by atoms with E-state index >= 15 is 0 Å². The highest BCUT2D eigenvalue weighted by Gasteiger charge is 2.14. The van der Waals surface area contributed by atoms with E-state index in [9.17, 15) is 9.59 Å². The molecule has 6 heteroatoms. The number of nitrogens with one attached hydrogen (secondary N) is 1. The third-order valence-corrected chi connectivity index (χ3v) is 3.13. The quantitative estimate of drug-likeness (QED) is 0.781. The molecule has 0 heterocycles. The molecule has 20 heavy (non-hydrogen) atoms. The lowest BCUT2D eigenvalue weighted by Crippen LogP contribution is -2.35. The summed E-state index contributed by atoms with van der Waals surface area (Å²) in [6, 6.07) is 4.07. The summed E-state index contributed by atoms with van der Waals surface area (Å²) < 4.78 is 0.605. The van der Waals surface area contributed by atoms with Gasteiger partial charge in [-0.25, -0.2) is 9.59 Å². The van der Waals surface area contributed by atoms with Crippen molar-refractivity contribution >= 4 is 33.6 Å². The molecule has 0 aliphatic carbocycles. The minimum atomic E-state index is -1.05. The molecule has 1 rings (SSSR count). The third kappa shape index (κ3) is 4.24. The summed E-state index contributed by atoms with van der Waals surface area (Å²) in [5, 5.41) is 11.6. The minimum absolute atomic E-state index is 0.0995. The van der Waals surface area contributed by atoms with Gasteiger partial charge in [-0.3, -0.25) is 0 Å². The number of carboxylic acid groups (broad SMARTS) is 1.